The highest BCUT2D eigenvalue weighted by Crippen LogP contribution is 2.16. The zero-order valence-corrected chi connectivity index (χ0v) is 33.9. The number of aromatic amines is 1. The van der Waals surface area contributed by atoms with Crippen LogP contribution in [-0.4, -0.2) is 79.8 Å². The number of pyridine rings is 5. The number of hydrogen-bond acceptors (Lipinski definition) is 14. The van der Waals surface area contributed by atoms with Crippen molar-refractivity contribution in [3.63, 3.8) is 0 Å². The molecule has 0 saturated carbocycles. The number of ether oxygens (including phenoxy) is 1. The van der Waals surface area contributed by atoms with Gasteiger partial charge >= 0.3 is 5.69 Å². The minimum absolute atomic E-state index is 0.146. The van der Waals surface area contributed by atoms with Gasteiger partial charge in [-0.3, -0.25) is 35.3 Å². The van der Waals surface area contributed by atoms with Crippen LogP contribution in [0.25, 0.3) is 22.8 Å². The lowest BCUT2D eigenvalue weighted by Gasteiger charge is -1.99. The van der Waals surface area contributed by atoms with Crippen molar-refractivity contribution < 1.29 is 4.74 Å². The number of nitrogens with zero attached hydrogens (tertiary/aromatic N) is 12. The molecule has 0 aliphatic carbocycles. The van der Waals surface area contributed by atoms with Crippen LogP contribution in [-0.2, 0) is 17.8 Å². The van der Waals surface area contributed by atoms with E-state index >= 15 is 0 Å². The first kappa shape index (κ1) is 44.9. The van der Waals surface area contributed by atoms with Crippen LogP contribution in [0, 0.1) is 16.7 Å². The number of hydrazone groups is 1. The number of amidine groups is 1. The third-order valence-electron chi connectivity index (χ3n) is 6.99. The summed E-state index contributed by atoms with van der Waals surface area (Å²) in [6.07, 6.45) is 16.6. The van der Waals surface area contributed by atoms with Gasteiger partial charge in [0.05, 0.1) is 18.2 Å². The number of halogens is 1. The van der Waals surface area contributed by atoms with Gasteiger partial charge < -0.3 is 15.9 Å². The fourth-order valence-corrected chi connectivity index (χ4v) is 4.63. The first-order chi connectivity index (χ1) is 28.2. The Morgan fingerprint density at radius 1 is 0.828 bits per heavy atom. The summed E-state index contributed by atoms with van der Waals surface area (Å²) in [7, 11) is 1.47. The van der Waals surface area contributed by atoms with Crippen molar-refractivity contribution in [3.05, 3.63) is 155 Å². The van der Waals surface area contributed by atoms with Gasteiger partial charge in [0.1, 0.15) is 6.07 Å². The zero-order chi connectivity index (χ0) is 42.0. The van der Waals surface area contributed by atoms with E-state index in [9.17, 15) is 4.79 Å². The Hall–Kier alpha value is -7.46. The monoisotopic (exact) mass is 846 g/mol. The molecule has 0 atom stereocenters. The molecule has 7 heterocycles. The lowest BCUT2D eigenvalue weighted by Crippen LogP contribution is -2.18. The van der Waals surface area contributed by atoms with Crippen molar-refractivity contribution in [1.82, 2.24) is 59.9 Å². The maximum Gasteiger partial charge on any atom is 0.343 e. The number of aromatic nitrogens is 11. The smallest absolute Gasteiger partial charge is 0.343 e. The Morgan fingerprint density at radius 2 is 1.38 bits per heavy atom. The Labute approximate surface area is 343 Å². The fourth-order valence-electron chi connectivity index (χ4n) is 4.13. The van der Waals surface area contributed by atoms with Gasteiger partial charge in [-0.15, -0.1) is 10.2 Å². The number of H-pyrrole nitrogens is 1. The van der Waals surface area contributed by atoms with Crippen LogP contribution in [0.3, 0.4) is 0 Å². The van der Waals surface area contributed by atoms with E-state index in [1.165, 1.54) is 18.0 Å². The van der Waals surface area contributed by atoms with E-state index in [1.807, 2.05) is 57.2 Å². The van der Waals surface area contributed by atoms with Gasteiger partial charge in [0, 0.05) is 98.3 Å². The predicted octanol–water partition coefficient (Wildman–Crippen LogP) is 5.09. The van der Waals surface area contributed by atoms with E-state index in [1.54, 1.807) is 90.8 Å². The molecule has 0 bridgehead atoms. The number of methoxy groups -OCH3 is 1. The SMILES string of the molecule is CCNN=C(N)c1cccnc1.CCn1nc(-c2cccnc2)[nH]c1=O.CCn1nc(-c2cccnc2)nc1Br.COC(=N)c1cccnc1.N#Cc1cccnc1. The first-order valence-electron chi connectivity index (χ1n) is 17.6. The summed E-state index contributed by atoms with van der Waals surface area (Å²) in [6.45, 7) is 7.98. The standard InChI is InChI=1S/C9H9BrN4.C9H10N4O.C8H12N4.C7H8N2O.C6H4N2/c1-2-14-9(10)12-8(13-14)7-4-3-5-11-6-7;1-2-13-9(14)11-8(12-13)7-4-3-5-10-6-7;1-2-11-12-8(9)7-4-3-5-10-6-7;1-10-7(8)6-3-2-4-9-5-6;7-4-6-2-1-3-8-5-6/h3-6H,2H2,1H3;3-6H,2H2,1H3,(H,11,12,14);3-6,11H,2H2,1H3,(H2,9,12);2-5,8H,1H3;1-3,5H. The number of hydrogen-bond donors (Lipinski definition) is 4. The summed E-state index contributed by atoms with van der Waals surface area (Å²) in [5.41, 5.74) is 12.1. The summed E-state index contributed by atoms with van der Waals surface area (Å²) < 4.78 is 8.60. The lowest BCUT2D eigenvalue weighted by molar-refractivity contribution is 0.401. The van der Waals surface area contributed by atoms with Crippen LogP contribution in [0.1, 0.15) is 37.5 Å². The molecule has 7 aromatic heterocycles. The van der Waals surface area contributed by atoms with Crippen molar-refractivity contribution in [1.29, 1.82) is 10.7 Å². The molecule has 58 heavy (non-hydrogen) atoms. The highest BCUT2D eigenvalue weighted by molar-refractivity contribution is 9.10. The summed E-state index contributed by atoms with van der Waals surface area (Å²) in [4.78, 5) is 37.7. The van der Waals surface area contributed by atoms with Gasteiger partial charge in [0.2, 0.25) is 5.90 Å². The quantitative estimate of drug-likeness (QED) is 0.0884. The Morgan fingerprint density at radius 3 is 1.81 bits per heavy atom. The summed E-state index contributed by atoms with van der Waals surface area (Å²) in [6, 6.07) is 20.1. The van der Waals surface area contributed by atoms with Crippen LogP contribution in [0.5, 0.6) is 0 Å². The summed E-state index contributed by atoms with van der Waals surface area (Å²) in [5, 5.41) is 27.8. The van der Waals surface area contributed by atoms with Crippen molar-refractivity contribution >= 4 is 27.7 Å². The van der Waals surface area contributed by atoms with Crippen LogP contribution in [0.15, 0.2) is 137 Å². The molecule has 19 heteroatoms. The molecule has 0 radical (unpaired) electrons. The van der Waals surface area contributed by atoms with E-state index in [0.717, 1.165) is 34.5 Å². The highest BCUT2D eigenvalue weighted by atomic mass is 79.9. The van der Waals surface area contributed by atoms with E-state index in [-0.39, 0.29) is 11.6 Å². The molecular formula is C39H43BrN16O2. The van der Waals surface area contributed by atoms with E-state index in [2.05, 4.69) is 76.3 Å². The van der Waals surface area contributed by atoms with Crippen LogP contribution >= 0.6 is 15.9 Å². The third-order valence-corrected chi connectivity index (χ3v) is 7.58. The van der Waals surface area contributed by atoms with Crippen molar-refractivity contribution in [3.8, 4) is 28.8 Å². The first-order valence-corrected chi connectivity index (χ1v) is 18.4. The Kier molecular flexibility index (Phi) is 19.8. The van der Waals surface area contributed by atoms with E-state index in [0.29, 0.717) is 35.2 Å². The fraction of sp³-hybridized carbons (Fsp3) is 0.179. The van der Waals surface area contributed by atoms with Crippen LogP contribution < -0.4 is 16.8 Å². The second-order valence-corrected chi connectivity index (χ2v) is 11.7. The van der Waals surface area contributed by atoms with Gasteiger partial charge in [-0.2, -0.15) is 10.4 Å². The third kappa shape index (κ3) is 15.3. The normalized spacial score (nSPS) is 9.97. The highest BCUT2D eigenvalue weighted by Gasteiger charge is 2.08. The Bertz CT molecular complexity index is 2330. The molecular weight excluding hydrogens is 804 g/mol. The molecule has 18 nitrogen and oxygen atoms in total. The minimum atomic E-state index is -0.189. The van der Waals surface area contributed by atoms with Gasteiger partial charge in [0.15, 0.2) is 22.2 Å². The molecule has 0 spiro atoms. The number of nitriles is 1. The molecule has 0 amide bonds. The number of nitrogens with one attached hydrogen (secondary N) is 3. The van der Waals surface area contributed by atoms with Gasteiger partial charge in [0.25, 0.3) is 0 Å². The lowest BCUT2D eigenvalue weighted by atomic mass is 10.3. The van der Waals surface area contributed by atoms with E-state index in [4.69, 9.17) is 16.4 Å². The number of aryl methyl sites for hydroxylation is 2. The van der Waals surface area contributed by atoms with Gasteiger partial charge in [-0.25, -0.2) is 19.1 Å². The second-order valence-electron chi connectivity index (χ2n) is 11.0. The van der Waals surface area contributed by atoms with Crippen LogP contribution in [0.2, 0.25) is 0 Å². The molecule has 0 saturated heterocycles. The predicted molar refractivity (Wildman–Crippen MR) is 224 cm³/mol. The number of rotatable bonds is 8. The summed E-state index contributed by atoms with van der Waals surface area (Å²) >= 11 is 3.34. The topological polar surface area (TPSA) is 253 Å². The molecule has 0 aliphatic heterocycles. The average molecular weight is 848 g/mol. The average Bonchev–Trinajstić information content (AvgIpc) is 3.88. The molecule has 0 aliphatic rings. The molecule has 7 rings (SSSR count). The van der Waals surface area contributed by atoms with Crippen molar-refractivity contribution in [2.75, 3.05) is 13.7 Å². The maximum absolute atomic E-state index is 11.3. The maximum atomic E-state index is 11.3. The molecule has 298 valence electrons. The summed E-state index contributed by atoms with van der Waals surface area (Å²) in [5.74, 6) is 1.87. The molecule has 0 unspecified atom stereocenters. The molecule has 5 N–H and O–H groups in total. The minimum Gasteiger partial charge on any atom is -0.481 e. The van der Waals surface area contributed by atoms with Crippen molar-refractivity contribution in [2.45, 2.75) is 33.9 Å². The second kappa shape index (κ2) is 25.6. The molecule has 7 aromatic rings. The Balaban J connectivity index is 0.000000197. The zero-order valence-electron chi connectivity index (χ0n) is 32.3. The van der Waals surface area contributed by atoms with Crippen molar-refractivity contribution in [2.24, 2.45) is 10.8 Å². The molecule has 0 aromatic carbocycles. The van der Waals surface area contributed by atoms with Gasteiger partial charge in [-0.05, 0) is 97.4 Å². The largest absolute Gasteiger partial charge is 0.481 e. The molecule has 0 fully saturated rings. The number of nitrogens with two attached hydrogens (primary N) is 1. The van der Waals surface area contributed by atoms with Gasteiger partial charge in [-0.1, -0.05) is 0 Å². The van der Waals surface area contributed by atoms with E-state index < -0.39 is 0 Å². The van der Waals surface area contributed by atoms with Crippen LogP contribution in [0.4, 0.5) is 0 Å².